The Morgan fingerprint density at radius 2 is 1.71 bits per heavy atom. The van der Waals surface area contributed by atoms with Gasteiger partial charge in [0.1, 0.15) is 12.2 Å². The molecule has 1 aromatic heterocycles. The third-order valence-electron chi connectivity index (χ3n) is 5.82. The van der Waals surface area contributed by atoms with Gasteiger partial charge in [-0.05, 0) is 43.2 Å². The third-order valence-corrected chi connectivity index (χ3v) is 7.71. The van der Waals surface area contributed by atoms with E-state index < -0.39 is 21.7 Å². The Labute approximate surface area is 178 Å². The maximum absolute atomic E-state index is 13.2. The molecule has 3 aromatic rings. The van der Waals surface area contributed by atoms with E-state index in [9.17, 15) is 18.0 Å². The molecule has 0 saturated carbocycles. The lowest BCUT2D eigenvalue weighted by Crippen LogP contribution is -2.50. The molecule has 0 atom stereocenters. The molecule has 31 heavy (non-hydrogen) atoms. The van der Waals surface area contributed by atoms with Gasteiger partial charge in [-0.3, -0.25) is 4.90 Å². The van der Waals surface area contributed by atoms with Crippen molar-refractivity contribution < 1.29 is 22.4 Å². The SMILES string of the molecule is O=C1OCc2ccccc2N1C1CCN(S(=O)(=O)c2ccc3oc(=O)ccc3c2)CC1. The monoisotopic (exact) mass is 440 g/mol. The molecule has 3 heterocycles. The number of carbonyl (C=O) groups excluding carboxylic acids is 1. The number of nitrogens with zero attached hydrogens (tertiary/aromatic N) is 2. The van der Waals surface area contributed by atoms with Gasteiger partial charge in [-0.1, -0.05) is 18.2 Å². The van der Waals surface area contributed by atoms with E-state index in [2.05, 4.69) is 0 Å². The first-order valence-electron chi connectivity index (χ1n) is 10.0. The minimum absolute atomic E-state index is 0.133. The molecule has 0 radical (unpaired) electrons. The number of carbonyl (C=O) groups is 1. The van der Waals surface area contributed by atoms with Gasteiger partial charge >= 0.3 is 11.7 Å². The summed E-state index contributed by atoms with van der Waals surface area (Å²) in [7, 11) is -3.71. The van der Waals surface area contributed by atoms with Crippen LogP contribution in [0.15, 0.2) is 68.7 Å². The number of piperidine rings is 1. The summed E-state index contributed by atoms with van der Waals surface area (Å²) < 4.78 is 38.2. The number of rotatable bonds is 3. The highest BCUT2D eigenvalue weighted by Crippen LogP contribution is 2.33. The molecular weight excluding hydrogens is 420 g/mol. The second kappa shape index (κ2) is 7.51. The van der Waals surface area contributed by atoms with Crippen molar-refractivity contribution in [3.63, 3.8) is 0 Å². The summed E-state index contributed by atoms with van der Waals surface area (Å²) in [6, 6.07) is 14.7. The van der Waals surface area contributed by atoms with Crippen molar-refractivity contribution in [2.24, 2.45) is 0 Å². The fourth-order valence-corrected chi connectivity index (χ4v) is 5.73. The first-order chi connectivity index (χ1) is 14.9. The highest BCUT2D eigenvalue weighted by Gasteiger charge is 2.37. The number of anilines is 1. The molecule has 0 unspecified atom stereocenters. The van der Waals surface area contributed by atoms with Gasteiger partial charge in [0.15, 0.2) is 0 Å². The molecule has 1 fully saturated rings. The predicted molar refractivity (Wildman–Crippen MR) is 113 cm³/mol. The lowest BCUT2D eigenvalue weighted by atomic mass is 10.0. The highest BCUT2D eigenvalue weighted by molar-refractivity contribution is 7.89. The fourth-order valence-electron chi connectivity index (χ4n) is 4.22. The quantitative estimate of drug-likeness (QED) is 0.581. The van der Waals surface area contributed by atoms with Gasteiger partial charge in [0.25, 0.3) is 0 Å². The molecular formula is C22H20N2O6S. The van der Waals surface area contributed by atoms with E-state index in [0.717, 1.165) is 11.3 Å². The van der Waals surface area contributed by atoms with Crippen LogP contribution in [0.1, 0.15) is 18.4 Å². The van der Waals surface area contributed by atoms with Crippen LogP contribution in [0.5, 0.6) is 0 Å². The zero-order valence-corrected chi connectivity index (χ0v) is 17.4. The van der Waals surface area contributed by atoms with E-state index in [4.69, 9.17) is 9.15 Å². The van der Waals surface area contributed by atoms with Crippen LogP contribution < -0.4 is 10.5 Å². The molecule has 8 nitrogen and oxygen atoms in total. The van der Waals surface area contributed by atoms with Gasteiger partial charge in [-0.2, -0.15) is 4.31 Å². The molecule has 9 heteroatoms. The second-order valence-corrected chi connectivity index (χ2v) is 9.58. The zero-order chi connectivity index (χ0) is 21.6. The number of fused-ring (bicyclic) bond motifs is 2. The zero-order valence-electron chi connectivity index (χ0n) is 16.6. The standard InChI is InChI=1S/C22H20N2O6S/c25-21-8-5-15-13-18(6-7-20(15)30-21)31(27,28)23-11-9-17(10-12-23)24-19-4-2-1-3-16(19)14-29-22(24)26/h1-8,13,17H,9-12,14H2. The van der Waals surface area contributed by atoms with E-state index in [1.165, 1.54) is 28.6 Å². The van der Waals surface area contributed by atoms with E-state index in [1.54, 1.807) is 11.0 Å². The van der Waals surface area contributed by atoms with Gasteiger partial charge in [0.2, 0.25) is 10.0 Å². The molecule has 2 aliphatic rings. The Hall–Kier alpha value is -3.17. The topological polar surface area (TPSA) is 97.1 Å². The first kappa shape index (κ1) is 19.8. The minimum Gasteiger partial charge on any atom is -0.444 e. The highest BCUT2D eigenvalue weighted by atomic mass is 32.2. The summed E-state index contributed by atoms with van der Waals surface area (Å²) in [5, 5.41) is 0.545. The maximum Gasteiger partial charge on any atom is 0.414 e. The van der Waals surface area contributed by atoms with Gasteiger partial charge in [-0.15, -0.1) is 0 Å². The molecule has 2 aliphatic heterocycles. The molecule has 5 rings (SSSR count). The Balaban J connectivity index is 1.36. The molecule has 0 spiro atoms. The van der Waals surface area contributed by atoms with Crippen molar-refractivity contribution in [1.29, 1.82) is 0 Å². The molecule has 160 valence electrons. The molecule has 1 saturated heterocycles. The van der Waals surface area contributed by atoms with Crippen LogP contribution in [0, 0.1) is 0 Å². The molecule has 0 bridgehead atoms. The van der Waals surface area contributed by atoms with E-state index in [1.807, 2.05) is 24.3 Å². The number of ether oxygens (including phenoxy) is 1. The summed E-state index contributed by atoms with van der Waals surface area (Å²) in [5.74, 6) is 0. The smallest absolute Gasteiger partial charge is 0.414 e. The summed E-state index contributed by atoms with van der Waals surface area (Å²) in [4.78, 5) is 25.6. The normalized spacial score (nSPS) is 18.1. The number of benzene rings is 2. The van der Waals surface area contributed by atoms with Crippen molar-refractivity contribution in [2.75, 3.05) is 18.0 Å². The maximum atomic E-state index is 13.2. The average molecular weight is 440 g/mol. The van der Waals surface area contributed by atoms with Gasteiger partial charge < -0.3 is 9.15 Å². The molecule has 0 aliphatic carbocycles. The summed E-state index contributed by atoms with van der Waals surface area (Å²) in [6.07, 6.45) is 0.618. The van der Waals surface area contributed by atoms with Crippen molar-refractivity contribution in [3.05, 3.63) is 70.6 Å². The Bertz CT molecular complexity index is 1330. The number of hydrogen-bond donors (Lipinski definition) is 0. The lowest BCUT2D eigenvalue weighted by molar-refractivity contribution is 0.136. The van der Waals surface area contributed by atoms with Crippen LogP contribution in [0.3, 0.4) is 0 Å². The van der Waals surface area contributed by atoms with Crippen molar-refractivity contribution in [2.45, 2.75) is 30.4 Å². The van der Waals surface area contributed by atoms with Crippen molar-refractivity contribution >= 4 is 32.8 Å². The van der Waals surface area contributed by atoms with Gasteiger partial charge in [0, 0.05) is 36.1 Å². The van der Waals surface area contributed by atoms with Crippen LogP contribution in [-0.4, -0.2) is 37.9 Å². The first-order valence-corrected chi connectivity index (χ1v) is 11.5. The number of para-hydroxylation sites is 1. The van der Waals surface area contributed by atoms with Crippen LogP contribution in [0.25, 0.3) is 11.0 Å². The molecule has 0 N–H and O–H groups in total. The van der Waals surface area contributed by atoms with Gasteiger partial charge in [-0.25, -0.2) is 18.0 Å². The number of sulfonamides is 1. The summed E-state index contributed by atoms with van der Waals surface area (Å²) in [5.41, 5.74) is 1.63. The van der Waals surface area contributed by atoms with Crippen molar-refractivity contribution in [3.8, 4) is 0 Å². The van der Waals surface area contributed by atoms with Crippen LogP contribution >= 0.6 is 0 Å². The summed E-state index contributed by atoms with van der Waals surface area (Å²) >= 11 is 0. The van der Waals surface area contributed by atoms with Gasteiger partial charge in [0.05, 0.1) is 10.6 Å². The average Bonchev–Trinajstić information content (AvgIpc) is 2.78. The molecule has 1 amide bonds. The lowest BCUT2D eigenvalue weighted by Gasteiger charge is -2.39. The third kappa shape index (κ3) is 3.49. The number of hydrogen-bond acceptors (Lipinski definition) is 6. The fraction of sp³-hybridized carbons (Fsp3) is 0.273. The van der Waals surface area contributed by atoms with Crippen molar-refractivity contribution in [1.82, 2.24) is 4.31 Å². The minimum atomic E-state index is -3.71. The molecule has 2 aromatic carbocycles. The van der Waals surface area contributed by atoms with E-state index in [-0.39, 0.29) is 17.5 Å². The Kier molecular flexibility index (Phi) is 4.79. The Morgan fingerprint density at radius 1 is 0.935 bits per heavy atom. The van der Waals surface area contributed by atoms with Crippen LogP contribution in [0.2, 0.25) is 0 Å². The Morgan fingerprint density at radius 3 is 2.52 bits per heavy atom. The van der Waals surface area contributed by atoms with E-state index >= 15 is 0 Å². The summed E-state index contributed by atoms with van der Waals surface area (Å²) in [6.45, 7) is 0.836. The number of amides is 1. The number of cyclic esters (lactones) is 1. The van der Waals surface area contributed by atoms with Crippen LogP contribution in [0.4, 0.5) is 10.5 Å². The van der Waals surface area contributed by atoms with Crippen LogP contribution in [-0.2, 0) is 21.4 Å². The largest absolute Gasteiger partial charge is 0.444 e. The van der Waals surface area contributed by atoms with E-state index in [0.29, 0.717) is 36.9 Å². The predicted octanol–water partition coefficient (Wildman–Crippen LogP) is 3.10. The second-order valence-electron chi connectivity index (χ2n) is 7.64.